The van der Waals surface area contributed by atoms with E-state index < -0.39 is 0 Å². The van der Waals surface area contributed by atoms with E-state index in [2.05, 4.69) is 28.2 Å². The van der Waals surface area contributed by atoms with Crippen molar-refractivity contribution in [2.45, 2.75) is 44.9 Å². The Labute approximate surface area is 197 Å². The Morgan fingerprint density at radius 2 is 1.82 bits per heavy atom. The topological polar surface area (TPSA) is 47.9 Å². The standard InChI is InChI=1S/C27H28FN3OS/c1-17(15-26-30-31-27(33-26)20-7-10-22(32-2)11-8-20)18-3-5-19(6-4-18)23-13-14-29-25-12-9-21(28)16-24(23)25/h7-14,16-19H,3-6,15H2,1-2H3/t17-,18?,19?/m0/s1. The van der Waals surface area contributed by atoms with Gasteiger partial charge in [0, 0.05) is 23.6 Å². The lowest BCUT2D eigenvalue weighted by atomic mass is 9.73. The quantitative estimate of drug-likeness (QED) is 0.309. The average Bonchev–Trinajstić information content (AvgIpc) is 3.32. The number of fused-ring (bicyclic) bond motifs is 1. The Hall–Kier alpha value is -2.86. The first-order valence-electron chi connectivity index (χ1n) is 11.6. The van der Waals surface area contributed by atoms with Gasteiger partial charge in [0.15, 0.2) is 0 Å². The van der Waals surface area contributed by atoms with E-state index in [0.717, 1.165) is 51.5 Å². The molecule has 170 valence electrons. The summed E-state index contributed by atoms with van der Waals surface area (Å²) in [6, 6.07) is 15.0. The largest absolute Gasteiger partial charge is 0.497 e. The molecule has 0 bridgehead atoms. The summed E-state index contributed by atoms with van der Waals surface area (Å²) in [5.41, 5.74) is 3.21. The van der Waals surface area contributed by atoms with Gasteiger partial charge in [-0.05, 0) is 97.5 Å². The summed E-state index contributed by atoms with van der Waals surface area (Å²) in [5.74, 6) is 2.38. The van der Waals surface area contributed by atoms with Crippen molar-refractivity contribution in [2.24, 2.45) is 11.8 Å². The summed E-state index contributed by atoms with van der Waals surface area (Å²) >= 11 is 1.69. The van der Waals surface area contributed by atoms with Crippen molar-refractivity contribution < 1.29 is 9.13 Å². The van der Waals surface area contributed by atoms with Crippen LogP contribution in [0.4, 0.5) is 4.39 Å². The third-order valence-electron chi connectivity index (χ3n) is 7.05. The number of rotatable bonds is 6. The van der Waals surface area contributed by atoms with Crippen LogP contribution in [0.1, 0.15) is 49.1 Å². The van der Waals surface area contributed by atoms with Crippen LogP contribution in [0.25, 0.3) is 21.5 Å². The van der Waals surface area contributed by atoms with Gasteiger partial charge < -0.3 is 4.74 Å². The second-order valence-corrected chi connectivity index (χ2v) is 10.1. The Bertz CT molecular complexity index is 1230. The molecule has 4 aromatic rings. The van der Waals surface area contributed by atoms with Gasteiger partial charge in [-0.2, -0.15) is 0 Å². The fraction of sp³-hybridized carbons (Fsp3) is 0.370. The van der Waals surface area contributed by atoms with Crippen molar-refractivity contribution in [2.75, 3.05) is 7.11 Å². The SMILES string of the molecule is COc1ccc(-c2nnc(C[C@H](C)C3CCC(c4ccnc5ccc(F)cc45)CC3)s2)cc1. The maximum absolute atomic E-state index is 13.9. The second kappa shape index (κ2) is 9.56. The molecule has 33 heavy (non-hydrogen) atoms. The molecule has 6 heteroatoms. The number of nitrogens with zero attached hydrogens (tertiary/aromatic N) is 3. The van der Waals surface area contributed by atoms with Crippen LogP contribution in [0.3, 0.4) is 0 Å². The second-order valence-electron chi connectivity index (χ2n) is 9.08. The molecule has 0 aliphatic heterocycles. The third kappa shape index (κ3) is 4.76. The summed E-state index contributed by atoms with van der Waals surface area (Å²) in [4.78, 5) is 4.42. The van der Waals surface area contributed by atoms with Crippen LogP contribution in [0.2, 0.25) is 0 Å². The number of ether oxygens (including phenoxy) is 1. The van der Waals surface area contributed by atoms with E-state index in [1.807, 2.05) is 30.5 Å². The van der Waals surface area contributed by atoms with Crippen molar-refractivity contribution >= 4 is 22.2 Å². The molecule has 2 aromatic carbocycles. The smallest absolute Gasteiger partial charge is 0.147 e. The fourth-order valence-corrected chi connectivity index (χ4v) is 6.11. The van der Waals surface area contributed by atoms with E-state index in [9.17, 15) is 4.39 Å². The van der Waals surface area contributed by atoms with E-state index >= 15 is 0 Å². The van der Waals surface area contributed by atoms with Crippen LogP contribution in [0.5, 0.6) is 5.75 Å². The Kier molecular flexibility index (Phi) is 6.36. The monoisotopic (exact) mass is 461 g/mol. The van der Waals surface area contributed by atoms with Gasteiger partial charge in [0.1, 0.15) is 21.6 Å². The Morgan fingerprint density at radius 1 is 1.03 bits per heavy atom. The van der Waals surface area contributed by atoms with Gasteiger partial charge in [0.05, 0.1) is 12.6 Å². The molecule has 5 rings (SSSR count). The first-order chi connectivity index (χ1) is 16.1. The zero-order valence-electron chi connectivity index (χ0n) is 19.0. The molecule has 1 aliphatic rings. The molecular formula is C27H28FN3OS. The molecule has 0 N–H and O–H groups in total. The van der Waals surface area contributed by atoms with Crippen LogP contribution in [0.15, 0.2) is 54.7 Å². The highest BCUT2D eigenvalue weighted by molar-refractivity contribution is 7.14. The lowest BCUT2D eigenvalue weighted by Crippen LogP contribution is -2.21. The van der Waals surface area contributed by atoms with Crippen LogP contribution in [0, 0.1) is 17.7 Å². The predicted molar refractivity (Wildman–Crippen MR) is 131 cm³/mol. The normalized spacial score (nSPS) is 19.5. The highest BCUT2D eigenvalue weighted by Gasteiger charge is 2.28. The van der Waals surface area contributed by atoms with Crippen LogP contribution < -0.4 is 4.74 Å². The van der Waals surface area contributed by atoms with E-state index in [1.54, 1.807) is 30.6 Å². The van der Waals surface area contributed by atoms with Crippen LogP contribution >= 0.6 is 11.3 Å². The number of hydrogen-bond donors (Lipinski definition) is 0. The van der Waals surface area contributed by atoms with Gasteiger partial charge in [-0.25, -0.2) is 4.39 Å². The van der Waals surface area contributed by atoms with Gasteiger partial charge in [-0.15, -0.1) is 10.2 Å². The number of pyridine rings is 1. The summed E-state index contributed by atoms with van der Waals surface area (Å²) in [6.07, 6.45) is 7.48. The van der Waals surface area contributed by atoms with Crippen molar-refractivity contribution in [3.8, 4) is 16.3 Å². The molecule has 0 saturated heterocycles. The van der Waals surface area contributed by atoms with Crippen molar-refractivity contribution in [1.29, 1.82) is 0 Å². The highest BCUT2D eigenvalue weighted by Crippen LogP contribution is 2.41. The van der Waals surface area contributed by atoms with Gasteiger partial charge in [-0.3, -0.25) is 4.98 Å². The number of aromatic nitrogens is 3. The Morgan fingerprint density at radius 3 is 2.58 bits per heavy atom. The molecule has 0 radical (unpaired) electrons. The minimum Gasteiger partial charge on any atom is -0.497 e. The van der Waals surface area contributed by atoms with Gasteiger partial charge in [-0.1, -0.05) is 18.3 Å². The van der Waals surface area contributed by atoms with E-state index in [0.29, 0.717) is 17.8 Å². The molecule has 4 nitrogen and oxygen atoms in total. The number of methoxy groups -OCH3 is 1. The molecule has 2 aromatic heterocycles. The van der Waals surface area contributed by atoms with Crippen LogP contribution in [-0.2, 0) is 6.42 Å². The molecule has 0 amide bonds. The molecule has 0 spiro atoms. The van der Waals surface area contributed by atoms with Crippen molar-refractivity contribution in [3.63, 3.8) is 0 Å². The van der Waals surface area contributed by atoms with Crippen LogP contribution in [-0.4, -0.2) is 22.3 Å². The van der Waals surface area contributed by atoms with Crippen molar-refractivity contribution in [3.05, 3.63) is 71.1 Å². The van der Waals surface area contributed by atoms with E-state index in [4.69, 9.17) is 4.74 Å². The number of hydrogen-bond acceptors (Lipinski definition) is 5. The van der Waals surface area contributed by atoms with Gasteiger partial charge >= 0.3 is 0 Å². The van der Waals surface area contributed by atoms with E-state index in [-0.39, 0.29) is 5.82 Å². The third-order valence-corrected chi connectivity index (χ3v) is 8.05. The summed E-state index contributed by atoms with van der Waals surface area (Å²) < 4.78 is 19.1. The zero-order valence-corrected chi connectivity index (χ0v) is 19.8. The van der Waals surface area contributed by atoms with Gasteiger partial charge in [0.2, 0.25) is 0 Å². The molecule has 1 atom stereocenters. The minimum atomic E-state index is -0.190. The summed E-state index contributed by atoms with van der Waals surface area (Å²) in [6.45, 7) is 2.34. The number of halogens is 1. The summed E-state index contributed by atoms with van der Waals surface area (Å²) in [5, 5.41) is 11.9. The average molecular weight is 462 g/mol. The fourth-order valence-electron chi connectivity index (χ4n) is 5.12. The maximum atomic E-state index is 13.9. The zero-order chi connectivity index (χ0) is 22.8. The molecular weight excluding hydrogens is 433 g/mol. The first-order valence-corrected chi connectivity index (χ1v) is 12.4. The predicted octanol–water partition coefficient (Wildman–Crippen LogP) is 7.05. The van der Waals surface area contributed by atoms with Crippen molar-refractivity contribution in [1.82, 2.24) is 15.2 Å². The lowest BCUT2D eigenvalue weighted by Gasteiger charge is -2.32. The molecule has 1 fully saturated rings. The molecule has 0 unspecified atom stereocenters. The first kappa shape index (κ1) is 22.0. The minimum absolute atomic E-state index is 0.190. The maximum Gasteiger partial charge on any atom is 0.147 e. The molecule has 1 aliphatic carbocycles. The lowest BCUT2D eigenvalue weighted by molar-refractivity contribution is 0.244. The Balaban J connectivity index is 1.21. The summed E-state index contributed by atoms with van der Waals surface area (Å²) in [7, 11) is 1.67. The molecule has 2 heterocycles. The van der Waals surface area contributed by atoms with E-state index in [1.165, 1.54) is 24.5 Å². The molecule has 1 saturated carbocycles. The number of benzene rings is 2. The van der Waals surface area contributed by atoms with Gasteiger partial charge in [0.25, 0.3) is 0 Å². The highest BCUT2D eigenvalue weighted by atomic mass is 32.1.